The predicted molar refractivity (Wildman–Crippen MR) is 84.4 cm³/mol. The maximum Gasteiger partial charge on any atom is 0.0520 e. The highest BCUT2D eigenvalue weighted by molar-refractivity contribution is 6.79. The zero-order chi connectivity index (χ0) is 19.5. The molecule has 0 aliphatic heterocycles. The van der Waals surface area contributed by atoms with Crippen LogP contribution in [0.15, 0.2) is 0 Å². The third-order valence-electron chi connectivity index (χ3n) is 1.88. The smallest absolute Gasteiger partial charge is 0.0520 e. The molecule has 0 N–H and O–H groups in total. The van der Waals surface area contributed by atoms with Crippen molar-refractivity contribution in [2.45, 2.75) is 86.8 Å². The fraction of sp³-hybridized carbons (Fsp3) is 1.00. The second-order valence-electron chi connectivity index (χ2n) is 8.25. The fourth-order valence-corrected chi connectivity index (χ4v) is 7.03. The predicted octanol–water partition coefficient (Wildman–Crippen LogP) is 6.20. The van der Waals surface area contributed by atoms with Crippen LogP contribution in [0.2, 0.25) is 24.5 Å². The van der Waals surface area contributed by atoms with E-state index in [1.807, 2.05) is 0 Å². The minimum Gasteiger partial charge on any atom is -0.0691 e. The Balaban J connectivity index is 6.97. The maximum atomic E-state index is 8.85. The van der Waals surface area contributed by atoms with Crippen molar-refractivity contribution in [3.8, 4) is 0 Å². The first-order valence-electron chi connectivity index (χ1n) is 9.50. The van der Waals surface area contributed by atoms with Gasteiger partial charge >= 0.3 is 0 Å². The molecule has 0 amide bonds. The van der Waals surface area contributed by atoms with Gasteiger partial charge in [0, 0.05) is 8.22 Å². The molecule has 0 unspecified atom stereocenters. The van der Waals surface area contributed by atoms with Gasteiger partial charge in [0.1, 0.15) is 0 Å². The SMILES string of the molecule is [2H]C([2H])(C(C)(C)C)[Si](C)(C([2H])([2H])C(C)(C)C)C([2H])([2H])C(C)(C)C. The molecule has 1 heteroatoms. The van der Waals surface area contributed by atoms with Crippen molar-refractivity contribution in [3.63, 3.8) is 0 Å². The van der Waals surface area contributed by atoms with E-state index < -0.39 is 42.3 Å². The molecule has 0 radical (unpaired) electrons. The van der Waals surface area contributed by atoms with Crippen molar-refractivity contribution in [2.75, 3.05) is 0 Å². The topological polar surface area (TPSA) is 0 Å². The Morgan fingerprint density at radius 2 is 0.824 bits per heavy atom. The van der Waals surface area contributed by atoms with Crippen molar-refractivity contribution in [3.05, 3.63) is 0 Å². The van der Waals surface area contributed by atoms with E-state index in [0.717, 1.165) is 0 Å². The normalized spacial score (nSPS) is 22.9. The highest BCUT2D eigenvalue weighted by atomic mass is 28.3. The van der Waals surface area contributed by atoms with Gasteiger partial charge in [-0.15, -0.1) is 0 Å². The maximum absolute atomic E-state index is 8.85. The zero-order valence-corrected chi connectivity index (χ0v) is 14.5. The molecule has 0 heterocycles. The van der Waals surface area contributed by atoms with Crippen molar-refractivity contribution in [2.24, 2.45) is 16.2 Å². The average Bonchev–Trinajstić information content (AvgIpc) is 2.22. The summed E-state index contributed by atoms with van der Waals surface area (Å²) in [5.41, 5.74) is -2.57. The van der Waals surface area contributed by atoms with E-state index in [4.69, 9.17) is 8.22 Å². The Morgan fingerprint density at radius 3 is 0.941 bits per heavy atom. The molecular formula is C16H36Si. The first-order chi connectivity index (χ1) is 9.50. The van der Waals surface area contributed by atoms with Gasteiger partial charge in [0.05, 0.1) is 8.07 Å². The van der Waals surface area contributed by atoms with Gasteiger partial charge in [0.2, 0.25) is 0 Å². The third kappa shape index (κ3) is 9.88. The highest BCUT2D eigenvalue weighted by Crippen LogP contribution is 2.42. The van der Waals surface area contributed by atoms with Gasteiger partial charge in [-0.3, -0.25) is 0 Å². The van der Waals surface area contributed by atoms with Gasteiger partial charge in [0.25, 0.3) is 0 Å². The Morgan fingerprint density at radius 1 is 0.647 bits per heavy atom. The van der Waals surface area contributed by atoms with Crippen LogP contribution in [-0.4, -0.2) is 8.07 Å². The third-order valence-corrected chi connectivity index (χ3v) is 5.62. The lowest BCUT2D eigenvalue weighted by atomic mass is 9.99. The van der Waals surface area contributed by atoms with E-state index >= 15 is 0 Å². The molecule has 0 saturated carbocycles. The zero-order valence-electron chi connectivity index (χ0n) is 19.5. The molecule has 0 fully saturated rings. The molecule has 0 spiro atoms. The summed E-state index contributed by atoms with van der Waals surface area (Å²) in [4.78, 5) is 0. The van der Waals surface area contributed by atoms with Crippen molar-refractivity contribution >= 4 is 8.07 Å². The summed E-state index contributed by atoms with van der Waals surface area (Å²) in [6.45, 7) is 17.3. The summed E-state index contributed by atoms with van der Waals surface area (Å²) >= 11 is 0. The quantitative estimate of drug-likeness (QED) is 0.531. The summed E-state index contributed by atoms with van der Waals surface area (Å²) < 4.78 is 53.1. The minimum absolute atomic E-state index is 0.856. The molecule has 0 aliphatic rings. The van der Waals surface area contributed by atoms with Crippen LogP contribution in [0.3, 0.4) is 0 Å². The molecule has 0 bridgehead atoms. The molecule has 0 atom stereocenters. The van der Waals surface area contributed by atoms with Gasteiger partial charge in [-0.2, -0.15) is 0 Å². The molecule has 0 aromatic heterocycles. The van der Waals surface area contributed by atoms with Crippen LogP contribution in [0, 0.1) is 16.2 Å². The Hall–Kier alpha value is 0.217. The van der Waals surface area contributed by atoms with Crippen molar-refractivity contribution < 1.29 is 8.22 Å². The van der Waals surface area contributed by atoms with E-state index in [-0.39, 0.29) is 0 Å². The van der Waals surface area contributed by atoms with Crippen molar-refractivity contribution in [1.82, 2.24) is 0 Å². The van der Waals surface area contributed by atoms with Crippen LogP contribution in [-0.2, 0) is 0 Å². The first-order valence-corrected chi connectivity index (χ1v) is 9.00. The Kier molecular flexibility index (Phi) is 2.74. The van der Waals surface area contributed by atoms with E-state index in [9.17, 15) is 0 Å². The summed E-state index contributed by atoms with van der Waals surface area (Å²) in [6.07, 6.45) is 0. The molecular weight excluding hydrogens is 220 g/mol. The molecule has 0 rings (SSSR count). The molecule has 104 valence electrons. The molecule has 0 aromatic carbocycles. The van der Waals surface area contributed by atoms with Gasteiger partial charge < -0.3 is 0 Å². The summed E-state index contributed by atoms with van der Waals surface area (Å²) in [5.74, 6) is -5.81. The van der Waals surface area contributed by atoms with Crippen molar-refractivity contribution in [1.29, 1.82) is 0 Å². The first kappa shape index (κ1) is 9.17. The standard InChI is InChI=1S/C16H36Si/c1-14(2,3)11-17(10,12-15(4,5)6)13-16(7,8)9/h11-13H2,1-10H3/i11D2,12D2,13D2. The lowest BCUT2D eigenvalue weighted by Gasteiger charge is -2.42. The summed E-state index contributed by atoms with van der Waals surface area (Å²) in [6, 6.07) is 0. The monoisotopic (exact) mass is 262 g/mol. The fourth-order valence-electron chi connectivity index (χ4n) is 2.34. The average molecular weight is 263 g/mol. The molecule has 0 aliphatic carbocycles. The van der Waals surface area contributed by atoms with E-state index in [2.05, 4.69) is 0 Å². The van der Waals surface area contributed by atoms with E-state index in [1.165, 1.54) is 0 Å². The second kappa shape index (κ2) is 5.07. The van der Waals surface area contributed by atoms with Gasteiger partial charge in [-0.05, 0) is 16.2 Å². The molecule has 0 nitrogen and oxygen atoms in total. The van der Waals surface area contributed by atoms with Crippen LogP contribution in [0.1, 0.15) is 70.5 Å². The Bertz CT molecular complexity index is 370. The lowest BCUT2D eigenvalue weighted by molar-refractivity contribution is 0.408. The molecule has 17 heavy (non-hydrogen) atoms. The number of rotatable bonds is 3. The van der Waals surface area contributed by atoms with E-state index in [0.29, 0.717) is 0 Å². The molecule has 0 saturated heterocycles. The van der Waals surface area contributed by atoms with Crippen LogP contribution in [0.4, 0.5) is 0 Å². The van der Waals surface area contributed by atoms with Crippen LogP contribution >= 0.6 is 0 Å². The van der Waals surface area contributed by atoms with Gasteiger partial charge in [-0.25, -0.2) is 0 Å². The van der Waals surface area contributed by atoms with Gasteiger partial charge in [-0.1, -0.05) is 86.8 Å². The number of hydrogen-bond acceptors (Lipinski definition) is 0. The minimum atomic E-state index is -3.84. The Labute approximate surface area is 120 Å². The van der Waals surface area contributed by atoms with Gasteiger partial charge in [0.15, 0.2) is 0 Å². The summed E-state index contributed by atoms with van der Waals surface area (Å²) in [5, 5.41) is 0. The van der Waals surface area contributed by atoms with Crippen LogP contribution < -0.4 is 0 Å². The second-order valence-corrected chi connectivity index (χ2v) is 11.2. The van der Waals surface area contributed by atoms with Crippen LogP contribution in [0.25, 0.3) is 0 Å². The van der Waals surface area contributed by atoms with E-state index in [1.54, 1.807) is 68.9 Å². The van der Waals surface area contributed by atoms with Crippen LogP contribution in [0.5, 0.6) is 0 Å². The molecule has 0 aromatic rings. The lowest BCUT2D eigenvalue weighted by Crippen LogP contribution is -2.41. The number of hydrogen-bond donors (Lipinski definition) is 0. The highest BCUT2D eigenvalue weighted by Gasteiger charge is 2.38. The summed E-state index contributed by atoms with van der Waals surface area (Å²) in [7, 11) is -3.84. The largest absolute Gasteiger partial charge is 0.0691 e.